The lowest BCUT2D eigenvalue weighted by atomic mass is 9.94. The molecule has 1 saturated carbocycles. The molecular weight excluding hydrogens is 462 g/mol. The fourth-order valence-electron chi connectivity index (χ4n) is 5.09. The van der Waals surface area contributed by atoms with E-state index in [9.17, 15) is 14.4 Å². The second kappa shape index (κ2) is 11.2. The van der Waals surface area contributed by atoms with E-state index in [4.69, 9.17) is 0 Å². The topological polar surface area (TPSA) is 81.1 Å². The molecule has 194 valence electrons. The van der Waals surface area contributed by atoms with Crippen molar-refractivity contribution in [3.05, 3.63) is 87.6 Å². The van der Waals surface area contributed by atoms with Crippen molar-refractivity contribution in [1.82, 2.24) is 14.9 Å². The third-order valence-corrected chi connectivity index (χ3v) is 7.09. The van der Waals surface area contributed by atoms with Crippen molar-refractivity contribution in [3.63, 3.8) is 0 Å². The third kappa shape index (κ3) is 6.43. The molecule has 1 aliphatic rings. The second-order valence-corrected chi connectivity index (χ2v) is 10.9. The van der Waals surface area contributed by atoms with Crippen molar-refractivity contribution >= 4 is 11.7 Å². The molecule has 4 rings (SSSR count). The van der Waals surface area contributed by atoms with E-state index in [2.05, 4.69) is 36.3 Å². The van der Waals surface area contributed by atoms with Gasteiger partial charge in [0.15, 0.2) is 0 Å². The Morgan fingerprint density at radius 1 is 1.08 bits per heavy atom. The Bertz CT molecular complexity index is 1330. The van der Waals surface area contributed by atoms with Crippen LogP contribution in [0.25, 0.3) is 11.1 Å². The van der Waals surface area contributed by atoms with E-state index in [1.807, 2.05) is 38.2 Å². The summed E-state index contributed by atoms with van der Waals surface area (Å²) in [7, 11) is 0. The maximum Gasteiger partial charge on any atom is 0.251 e. The minimum absolute atomic E-state index is 0.0332. The predicted octanol–water partition coefficient (Wildman–Crippen LogP) is 5.83. The number of Topliss-reactive ketones (excluding diaryl/α,β-unsaturated/α-hetero) is 1. The molecule has 0 bridgehead atoms. The van der Waals surface area contributed by atoms with Crippen LogP contribution >= 0.6 is 0 Å². The first-order valence-corrected chi connectivity index (χ1v) is 13.2. The smallest absolute Gasteiger partial charge is 0.251 e. The summed E-state index contributed by atoms with van der Waals surface area (Å²) >= 11 is 0. The highest BCUT2D eigenvalue weighted by atomic mass is 16.2. The summed E-state index contributed by atoms with van der Waals surface area (Å²) in [4.78, 5) is 43.4. The van der Waals surface area contributed by atoms with Crippen LogP contribution in [0.4, 0.5) is 0 Å². The summed E-state index contributed by atoms with van der Waals surface area (Å²) in [5, 5.41) is 3.09. The van der Waals surface area contributed by atoms with E-state index in [1.165, 1.54) is 11.5 Å². The Balaban J connectivity index is 1.65. The molecular formula is C31H37N3O3. The van der Waals surface area contributed by atoms with Crippen LogP contribution in [0.2, 0.25) is 0 Å². The molecule has 0 aliphatic heterocycles. The molecule has 1 N–H and O–H groups in total. The van der Waals surface area contributed by atoms with Gasteiger partial charge < -0.3 is 9.88 Å². The highest BCUT2D eigenvalue weighted by molar-refractivity contribution is 5.83. The number of rotatable bonds is 10. The van der Waals surface area contributed by atoms with Gasteiger partial charge in [-0.05, 0) is 91.8 Å². The molecule has 37 heavy (non-hydrogen) atoms. The molecule has 0 saturated heterocycles. The van der Waals surface area contributed by atoms with Crippen LogP contribution in [0, 0.1) is 19.8 Å². The average molecular weight is 500 g/mol. The lowest BCUT2D eigenvalue weighted by Gasteiger charge is -2.25. The molecule has 3 aromatic rings. The molecule has 0 spiro atoms. The first kappa shape index (κ1) is 26.5. The summed E-state index contributed by atoms with van der Waals surface area (Å²) in [5.74, 6) is 0.371. The molecule has 2 aromatic heterocycles. The Morgan fingerprint density at radius 3 is 2.38 bits per heavy atom. The Kier molecular flexibility index (Phi) is 8.06. The number of amides is 1. The molecule has 0 radical (unpaired) electrons. The van der Waals surface area contributed by atoms with Gasteiger partial charge in [0.25, 0.3) is 5.56 Å². The minimum atomic E-state index is -0.662. The maximum absolute atomic E-state index is 13.7. The van der Waals surface area contributed by atoms with Crippen molar-refractivity contribution in [3.8, 4) is 11.1 Å². The number of carbonyl (C=O) groups is 2. The summed E-state index contributed by atoms with van der Waals surface area (Å²) in [6.45, 7) is 9.72. The molecule has 2 atom stereocenters. The first-order chi connectivity index (χ1) is 17.6. The second-order valence-electron chi connectivity index (χ2n) is 10.9. The zero-order valence-electron chi connectivity index (χ0n) is 22.5. The van der Waals surface area contributed by atoms with Crippen LogP contribution in [-0.4, -0.2) is 21.2 Å². The number of carbonyl (C=O) groups excluding carboxylic acids is 2. The van der Waals surface area contributed by atoms with Crippen LogP contribution in [0.15, 0.2) is 59.8 Å². The quantitative estimate of drug-likeness (QED) is 0.381. The van der Waals surface area contributed by atoms with E-state index in [1.54, 1.807) is 18.5 Å². The number of ketones is 1. The number of pyridine rings is 2. The van der Waals surface area contributed by atoms with Gasteiger partial charge in [-0.2, -0.15) is 0 Å². The molecule has 1 aliphatic carbocycles. The molecule has 1 aromatic carbocycles. The Labute approximate surface area is 219 Å². The lowest BCUT2D eigenvalue weighted by Crippen LogP contribution is -2.40. The van der Waals surface area contributed by atoms with Gasteiger partial charge in [0.05, 0.1) is 6.04 Å². The molecule has 1 fully saturated rings. The van der Waals surface area contributed by atoms with E-state index in [0.29, 0.717) is 12.3 Å². The van der Waals surface area contributed by atoms with Gasteiger partial charge in [0.1, 0.15) is 11.8 Å². The third-order valence-electron chi connectivity index (χ3n) is 7.09. The predicted molar refractivity (Wildman–Crippen MR) is 146 cm³/mol. The Hall–Kier alpha value is -3.54. The number of hydrogen-bond donors (Lipinski definition) is 1. The normalized spacial score (nSPS) is 14.9. The summed E-state index contributed by atoms with van der Waals surface area (Å²) < 4.78 is 1.54. The number of aryl methyl sites for hydroxylation is 2. The van der Waals surface area contributed by atoms with Gasteiger partial charge in [-0.15, -0.1) is 0 Å². The SMILES string of the molecule is CC(=O)C[C@H](NC(=O)C(CC(C)C)n1ccc(C2CC2)cc1=O)c1cncc(-c2c(C)cccc2C)c1. The van der Waals surface area contributed by atoms with Crippen LogP contribution in [-0.2, 0) is 9.59 Å². The van der Waals surface area contributed by atoms with Gasteiger partial charge in [0, 0.05) is 36.6 Å². The minimum Gasteiger partial charge on any atom is -0.347 e. The van der Waals surface area contributed by atoms with Crippen LogP contribution in [0.3, 0.4) is 0 Å². The lowest BCUT2D eigenvalue weighted by molar-refractivity contribution is -0.126. The van der Waals surface area contributed by atoms with Crippen LogP contribution < -0.4 is 10.9 Å². The molecule has 6 nitrogen and oxygen atoms in total. The van der Waals surface area contributed by atoms with Crippen molar-refractivity contribution in [2.24, 2.45) is 5.92 Å². The fraction of sp³-hybridized carbons (Fsp3) is 0.419. The van der Waals surface area contributed by atoms with Gasteiger partial charge in [-0.25, -0.2) is 0 Å². The number of benzene rings is 1. The van der Waals surface area contributed by atoms with Crippen LogP contribution in [0.5, 0.6) is 0 Å². The van der Waals surface area contributed by atoms with Gasteiger partial charge >= 0.3 is 0 Å². The highest BCUT2D eigenvalue weighted by Crippen LogP contribution is 2.39. The van der Waals surface area contributed by atoms with Crippen LogP contribution in [0.1, 0.15) is 86.7 Å². The first-order valence-electron chi connectivity index (χ1n) is 13.2. The van der Waals surface area contributed by atoms with Crippen molar-refractivity contribution in [1.29, 1.82) is 0 Å². The highest BCUT2D eigenvalue weighted by Gasteiger charge is 2.28. The van der Waals surface area contributed by atoms with Gasteiger partial charge in [-0.1, -0.05) is 32.0 Å². The maximum atomic E-state index is 13.7. The van der Waals surface area contributed by atoms with Gasteiger partial charge in [0.2, 0.25) is 5.91 Å². The zero-order valence-corrected chi connectivity index (χ0v) is 22.5. The molecule has 6 heteroatoms. The summed E-state index contributed by atoms with van der Waals surface area (Å²) in [6, 6.07) is 10.6. The largest absolute Gasteiger partial charge is 0.347 e. The number of nitrogens with zero attached hydrogens (tertiary/aromatic N) is 2. The standard InChI is InChI=1S/C31H37N3O3/c1-19(2)13-28(34-12-11-24(16-29(34)36)23-9-10-23)31(37)33-27(14-22(5)35)25-15-26(18-32-17-25)30-20(3)7-6-8-21(30)4/h6-8,11-12,15-19,23,27-28H,9-10,13-14H2,1-5H3,(H,33,37)/t27-,28?/m0/s1. The monoisotopic (exact) mass is 499 g/mol. The molecule has 1 amide bonds. The zero-order chi connectivity index (χ0) is 26.7. The average Bonchev–Trinajstić information content (AvgIpc) is 3.68. The summed E-state index contributed by atoms with van der Waals surface area (Å²) in [6.07, 6.45) is 8.16. The number of nitrogens with one attached hydrogen (secondary N) is 1. The number of hydrogen-bond acceptors (Lipinski definition) is 4. The van der Waals surface area contributed by atoms with E-state index < -0.39 is 12.1 Å². The van der Waals surface area contributed by atoms with E-state index in [-0.39, 0.29) is 29.6 Å². The van der Waals surface area contributed by atoms with E-state index >= 15 is 0 Å². The number of aromatic nitrogens is 2. The van der Waals surface area contributed by atoms with Gasteiger partial charge in [-0.3, -0.25) is 19.4 Å². The fourth-order valence-corrected chi connectivity index (χ4v) is 5.09. The van der Waals surface area contributed by atoms with Crippen molar-refractivity contribution in [2.75, 3.05) is 0 Å². The summed E-state index contributed by atoms with van der Waals surface area (Å²) in [5.41, 5.74) is 5.98. The Morgan fingerprint density at radius 2 is 1.78 bits per heavy atom. The van der Waals surface area contributed by atoms with Crippen molar-refractivity contribution in [2.45, 2.75) is 78.3 Å². The molecule has 2 heterocycles. The van der Waals surface area contributed by atoms with Crippen molar-refractivity contribution < 1.29 is 9.59 Å². The van der Waals surface area contributed by atoms with E-state index in [0.717, 1.165) is 46.2 Å². The molecule has 1 unspecified atom stereocenters.